The Labute approximate surface area is 231 Å². The van der Waals surface area contributed by atoms with Crippen molar-refractivity contribution in [3.05, 3.63) is 60.1 Å². The molecule has 218 valence electrons. The van der Waals surface area contributed by atoms with E-state index < -0.39 is 67.4 Å². The first-order valence-electron chi connectivity index (χ1n) is 12.6. The number of aromatic nitrogens is 2. The highest BCUT2D eigenvalue weighted by atomic mass is 16.8. The first-order valence-corrected chi connectivity index (χ1v) is 12.6. The van der Waals surface area contributed by atoms with E-state index >= 15 is 0 Å². The number of aliphatic hydroxyl groups excluding tert-OH is 4. The number of ether oxygens (including phenoxy) is 3. The van der Waals surface area contributed by atoms with Crippen LogP contribution in [0.15, 0.2) is 48.8 Å². The van der Waals surface area contributed by atoms with Crippen molar-refractivity contribution < 1.29 is 59.5 Å². The zero-order valence-corrected chi connectivity index (χ0v) is 21.3. The quantitative estimate of drug-likeness (QED) is 0.169. The molecule has 14 heteroatoms. The highest BCUT2D eigenvalue weighted by Gasteiger charge is 2.47. The number of benzene rings is 1. The van der Waals surface area contributed by atoms with Crippen LogP contribution in [0.1, 0.15) is 16.2 Å². The molecule has 8 atom stereocenters. The van der Waals surface area contributed by atoms with Crippen LogP contribution in [0.4, 0.5) is 0 Å². The van der Waals surface area contributed by atoms with Crippen molar-refractivity contribution in [2.45, 2.75) is 43.4 Å². The maximum absolute atomic E-state index is 12.2. The molecule has 2 aliphatic rings. The van der Waals surface area contributed by atoms with Gasteiger partial charge in [-0.2, -0.15) is 0 Å². The number of hydrogen-bond donors (Lipinski definition) is 8. The van der Waals surface area contributed by atoms with Gasteiger partial charge >= 0.3 is 11.9 Å². The Morgan fingerprint density at radius 2 is 1.80 bits per heavy atom. The number of hydrogen-bond acceptors (Lipinski definition) is 11. The van der Waals surface area contributed by atoms with Gasteiger partial charge in [0.2, 0.25) is 6.29 Å². The number of nitrogens with one attached hydrogen (secondary N) is 1. The number of aromatic amines is 1. The average Bonchev–Trinajstić information content (AvgIpc) is 3.31. The number of nitrogens with zero attached hydrogens (tertiary/aromatic N) is 1. The predicted octanol–water partition coefficient (Wildman–Crippen LogP) is 0.222. The molecule has 14 nitrogen and oxygen atoms in total. The van der Waals surface area contributed by atoms with Gasteiger partial charge in [-0.05, 0) is 30.7 Å². The number of carboxylic acids is 2. The average molecular weight is 573 g/mol. The second kappa shape index (κ2) is 11.1. The third-order valence-corrected chi connectivity index (χ3v) is 7.42. The summed E-state index contributed by atoms with van der Waals surface area (Å²) < 4.78 is 16.7. The summed E-state index contributed by atoms with van der Waals surface area (Å²) in [4.78, 5) is 31.6. The third kappa shape index (κ3) is 5.12. The lowest BCUT2D eigenvalue weighted by molar-refractivity contribution is -0.339. The SMILES string of the molecule is C=CC1C(Cc2nc(C(=O)O)cc3c2[nH]c2ccc(O)cc23)C(C(=O)O)=CO[C@H]1O[C@@H]1O[C@H](CO)[C@@H](O)[C@H](O)[C@H]1O. The molecule has 0 bridgehead atoms. The zero-order chi connectivity index (χ0) is 29.6. The standard InChI is InChI=1S/C27H28N2O12/c1-2-11-12(6-17-20-14(7-18(28-17)25(37)38)13-5-10(31)3-4-16(13)29-20)15(24(35)36)9-39-26(11)41-27-23(34)22(33)21(32)19(8-30)40-27/h2-5,7,9,11-12,19,21-23,26-27,29-34H,1,6,8H2,(H,35,36)(H,37,38)/t11?,12?,19-,21-,22+,23-,26+,27+/m1/s1. The van der Waals surface area contributed by atoms with E-state index in [2.05, 4.69) is 16.5 Å². The van der Waals surface area contributed by atoms with Crippen LogP contribution in [0.25, 0.3) is 21.8 Å². The van der Waals surface area contributed by atoms with Gasteiger partial charge in [0.15, 0.2) is 6.29 Å². The van der Waals surface area contributed by atoms with Gasteiger partial charge in [0.05, 0.1) is 29.7 Å². The van der Waals surface area contributed by atoms with Gasteiger partial charge in [0, 0.05) is 28.1 Å². The molecular formula is C27H28N2O12. The number of carbonyl (C=O) groups is 2. The molecule has 2 aliphatic heterocycles. The highest BCUT2D eigenvalue weighted by molar-refractivity contribution is 6.10. The maximum atomic E-state index is 12.2. The van der Waals surface area contributed by atoms with Crippen molar-refractivity contribution in [2.24, 2.45) is 11.8 Å². The van der Waals surface area contributed by atoms with E-state index in [1.54, 1.807) is 6.07 Å². The van der Waals surface area contributed by atoms with Crippen molar-refractivity contribution in [1.82, 2.24) is 9.97 Å². The molecule has 0 spiro atoms. The van der Waals surface area contributed by atoms with Crippen LogP contribution in [0.2, 0.25) is 0 Å². The molecular weight excluding hydrogens is 544 g/mol. The lowest BCUT2D eigenvalue weighted by Gasteiger charge is -2.43. The van der Waals surface area contributed by atoms with Crippen molar-refractivity contribution in [2.75, 3.05) is 6.61 Å². The molecule has 8 N–H and O–H groups in total. The van der Waals surface area contributed by atoms with Crippen LogP contribution in [0.5, 0.6) is 5.75 Å². The topological polar surface area (TPSA) is 232 Å². The van der Waals surface area contributed by atoms with Gasteiger partial charge in [-0.3, -0.25) is 0 Å². The third-order valence-electron chi connectivity index (χ3n) is 7.42. The lowest BCUT2D eigenvalue weighted by Crippen LogP contribution is -2.60. The molecule has 3 aromatic rings. The number of carboxylic acid groups (broad SMARTS) is 2. The molecule has 0 saturated carbocycles. The number of pyridine rings is 1. The van der Waals surface area contributed by atoms with Gasteiger partial charge in [-0.25, -0.2) is 14.6 Å². The zero-order valence-electron chi connectivity index (χ0n) is 21.3. The number of phenolic OH excluding ortho intramolecular Hbond substituents is 1. The Kier molecular flexibility index (Phi) is 7.70. The van der Waals surface area contributed by atoms with Gasteiger partial charge in [-0.1, -0.05) is 6.08 Å². The van der Waals surface area contributed by atoms with Crippen molar-refractivity contribution >= 4 is 33.7 Å². The minimum absolute atomic E-state index is 0.0333. The van der Waals surface area contributed by atoms with Crippen molar-refractivity contribution in [1.29, 1.82) is 0 Å². The molecule has 1 fully saturated rings. The maximum Gasteiger partial charge on any atom is 0.354 e. The molecule has 41 heavy (non-hydrogen) atoms. The Morgan fingerprint density at radius 3 is 2.46 bits per heavy atom. The number of aromatic carboxylic acids is 1. The van der Waals surface area contributed by atoms with Crippen LogP contribution in [-0.2, 0) is 25.4 Å². The minimum atomic E-state index is -1.73. The fourth-order valence-electron chi connectivity index (χ4n) is 5.29. The fraction of sp³-hybridized carbons (Fsp3) is 0.370. The van der Waals surface area contributed by atoms with E-state index in [-0.39, 0.29) is 29.1 Å². The minimum Gasteiger partial charge on any atom is -0.508 e. The van der Waals surface area contributed by atoms with Gasteiger partial charge < -0.3 is 54.9 Å². The Bertz CT molecular complexity index is 1530. The molecule has 0 amide bonds. The summed E-state index contributed by atoms with van der Waals surface area (Å²) in [6.45, 7) is 3.10. The predicted molar refractivity (Wildman–Crippen MR) is 139 cm³/mol. The van der Waals surface area contributed by atoms with E-state index in [0.29, 0.717) is 21.8 Å². The van der Waals surface area contributed by atoms with E-state index in [0.717, 1.165) is 6.26 Å². The van der Waals surface area contributed by atoms with Gasteiger partial charge in [0.1, 0.15) is 35.9 Å². The van der Waals surface area contributed by atoms with Crippen LogP contribution in [0, 0.1) is 11.8 Å². The number of H-pyrrole nitrogens is 1. The molecule has 5 rings (SSSR count). The molecule has 0 aliphatic carbocycles. The molecule has 1 saturated heterocycles. The normalized spacial score (nSPS) is 30.1. The van der Waals surface area contributed by atoms with E-state index in [1.165, 1.54) is 24.3 Å². The molecule has 2 unspecified atom stereocenters. The van der Waals surface area contributed by atoms with Crippen molar-refractivity contribution in [3.8, 4) is 5.75 Å². The van der Waals surface area contributed by atoms with E-state index in [1.807, 2.05) is 0 Å². The number of rotatable bonds is 8. The Morgan fingerprint density at radius 1 is 1.05 bits per heavy atom. The van der Waals surface area contributed by atoms with Crippen LogP contribution in [0.3, 0.4) is 0 Å². The summed E-state index contributed by atoms with van der Waals surface area (Å²) in [6.07, 6.45) is -6.97. The molecule has 2 aromatic heterocycles. The van der Waals surface area contributed by atoms with Crippen LogP contribution >= 0.6 is 0 Å². The number of phenols is 1. The first-order chi connectivity index (χ1) is 19.5. The molecule has 0 radical (unpaired) electrons. The summed E-state index contributed by atoms with van der Waals surface area (Å²) >= 11 is 0. The van der Waals surface area contributed by atoms with Crippen molar-refractivity contribution in [3.63, 3.8) is 0 Å². The first kappa shape index (κ1) is 28.5. The van der Waals surface area contributed by atoms with Crippen LogP contribution in [-0.4, -0.2) is 101 Å². The van der Waals surface area contributed by atoms with Gasteiger partial charge in [-0.15, -0.1) is 6.58 Å². The molecule has 1 aromatic carbocycles. The number of aliphatic hydroxyl groups is 4. The Hall–Kier alpha value is -4.05. The van der Waals surface area contributed by atoms with E-state index in [9.17, 15) is 45.3 Å². The Balaban J connectivity index is 1.54. The van der Waals surface area contributed by atoms with Gasteiger partial charge in [0.25, 0.3) is 0 Å². The lowest BCUT2D eigenvalue weighted by atomic mass is 9.80. The fourth-order valence-corrected chi connectivity index (χ4v) is 5.29. The summed E-state index contributed by atoms with van der Waals surface area (Å²) in [5, 5.41) is 70.8. The second-order valence-corrected chi connectivity index (χ2v) is 9.88. The summed E-state index contributed by atoms with van der Waals surface area (Å²) in [6, 6.07) is 5.90. The van der Waals surface area contributed by atoms with E-state index in [4.69, 9.17) is 14.2 Å². The summed E-state index contributed by atoms with van der Waals surface area (Å²) in [7, 11) is 0. The largest absolute Gasteiger partial charge is 0.508 e. The number of aliphatic carboxylic acids is 1. The van der Waals surface area contributed by atoms with Crippen LogP contribution < -0.4 is 0 Å². The second-order valence-electron chi connectivity index (χ2n) is 9.88. The molecule has 4 heterocycles. The number of fused-ring (bicyclic) bond motifs is 3. The number of aromatic hydroxyl groups is 1. The smallest absolute Gasteiger partial charge is 0.354 e. The summed E-state index contributed by atoms with van der Waals surface area (Å²) in [5.41, 5.74) is 0.754. The monoisotopic (exact) mass is 572 g/mol. The summed E-state index contributed by atoms with van der Waals surface area (Å²) in [5.74, 6) is -4.52. The highest BCUT2D eigenvalue weighted by Crippen LogP contribution is 2.38.